The number of allylic oxidation sites excluding steroid dienone is 1. The number of hydrogen-bond donors (Lipinski definition) is 1. The number of amides is 1. The lowest BCUT2D eigenvalue weighted by Crippen LogP contribution is -2.56. The fourth-order valence-corrected chi connectivity index (χ4v) is 9.87. The summed E-state index contributed by atoms with van der Waals surface area (Å²) in [4.78, 5) is 20.8. The summed E-state index contributed by atoms with van der Waals surface area (Å²) in [7, 11) is 3.52. The predicted octanol–water partition coefficient (Wildman–Crippen LogP) is 7.28. The van der Waals surface area contributed by atoms with Crippen molar-refractivity contribution in [3.8, 4) is 5.75 Å². The minimum atomic E-state index is -0.502. The molecule has 0 spiro atoms. The van der Waals surface area contributed by atoms with Gasteiger partial charge in [0.1, 0.15) is 5.75 Å². The molecule has 2 aromatic carbocycles. The van der Waals surface area contributed by atoms with Crippen LogP contribution in [0.3, 0.4) is 0 Å². The van der Waals surface area contributed by atoms with Gasteiger partial charge in [0.2, 0.25) is 0 Å². The topological polar surface area (TPSA) is 66.5 Å². The van der Waals surface area contributed by atoms with Crippen LogP contribution in [0.2, 0.25) is 5.02 Å². The maximum atomic E-state index is 13.4. The van der Waals surface area contributed by atoms with Crippen molar-refractivity contribution in [3.63, 3.8) is 0 Å². The van der Waals surface area contributed by atoms with Crippen LogP contribution in [0.25, 0.3) is 0 Å². The molecule has 2 aromatic rings. The van der Waals surface area contributed by atoms with Crippen molar-refractivity contribution in [2.75, 3.05) is 78.1 Å². The number of likely N-dealkylation sites (N-methyl/N-ethyl adjacent to an activating group) is 1. The zero-order chi connectivity index (χ0) is 36.8. The number of carbonyl (C=O) groups excluding carboxylic acids is 1. The molecule has 3 fully saturated rings. The normalized spacial score (nSPS) is 32.0. The number of anilines is 1. The van der Waals surface area contributed by atoms with E-state index in [9.17, 15) is 4.79 Å². The number of rotatable bonds is 4. The van der Waals surface area contributed by atoms with Gasteiger partial charge < -0.3 is 28.7 Å². The third-order valence-corrected chi connectivity index (χ3v) is 14.1. The van der Waals surface area contributed by atoms with Gasteiger partial charge in [-0.3, -0.25) is 9.69 Å². The molecule has 2 saturated heterocycles. The van der Waals surface area contributed by atoms with E-state index in [1.807, 2.05) is 31.4 Å². The van der Waals surface area contributed by atoms with Gasteiger partial charge in [0.05, 0.1) is 31.6 Å². The molecule has 8 nitrogen and oxygen atoms in total. The van der Waals surface area contributed by atoms with E-state index in [2.05, 4.69) is 77.4 Å². The van der Waals surface area contributed by atoms with Gasteiger partial charge in [0, 0.05) is 74.2 Å². The van der Waals surface area contributed by atoms with E-state index < -0.39 is 10.7 Å². The second-order valence-corrected chi connectivity index (χ2v) is 17.9. The first-order valence-corrected chi connectivity index (χ1v) is 21.3. The standard InChI is InChI=1S/C34H45ClN2O3S.C8H16N2O/c1-6-8-24-17-28(35)13-15-29(24)27-20-37-19-26-11-14-30(26)32(39-4)10-7-9-22(2)23(3)41(5)36-34(38)25-12-16-33(40-21-27)31(37)18-25;1-9-2-3-10-4-5-11-7-8(10)6-9/h7,10,12-13,15-18,22-23,26-27,30,32H,5-6,8-9,11,14,19-21H2,1-4H3,(H,36,38);8H,2-7H2,1H3/b10-7+;. The van der Waals surface area contributed by atoms with E-state index in [0.29, 0.717) is 36.0 Å². The van der Waals surface area contributed by atoms with Gasteiger partial charge in [0.15, 0.2) is 0 Å². The molecule has 1 saturated carbocycles. The minimum Gasteiger partial charge on any atom is -0.491 e. The Kier molecular flexibility index (Phi) is 13.8. The summed E-state index contributed by atoms with van der Waals surface area (Å²) in [5.41, 5.74) is 4.26. The van der Waals surface area contributed by atoms with Gasteiger partial charge in [-0.25, -0.2) is 0 Å². The first-order chi connectivity index (χ1) is 25.1. The van der Waals surface area contributed by atoms with Crippen LogP contribution in [0.1, 0.15) is 73.9 Å². The summed E-state index contributed by atoms with van der Waals surface area (Å²) in [5, 5.41) is 1.03. The summed E-state index contributed by atoms with van der Waals surface area (Å²) < 4.78 is 21.2. The molecular weight excluding hydrogens is 692 g/mol. The average Bonchev–Trinajstić information content (AvgIpc) is 3.31. The summed E-state index contributed by atoms with van der Waals surface area (Å²) in [6.07, 6.45) is 10.00. The molecule has 286 valence electrons. The number of fused-ring (bicyclic) bond motifs is 3. The largest absolute Gasteiger partial charge is 0.491 e. The van der Waals surface area contributed by atoms with Gasteiger partial charge in [-0.1, -0.05) is 73.6 Å². The maximum Gasteiger partial charge on any atom is 0.260 e. The molecule has 4 heterocycles. The van der Waals surface area contributed by atoms with E-state index in [0.717, 1.165) is 68.6 Å². The van der Waals surface area contributed by atoms with Crippen molar-refractivity contribution < 1.29 is 19.0 Å². The lowest BCUT2D eigenvalue weighted by atomic mass is 9.70. The molecule has 2 bridgehead atoms. The van der Waals surface area contributed by atoms with E-state index in [1.54, 1.807) is 0 Å². The Balaban J connectivity index is 0.000000357. The smallest absolute Gasteiger partial charge is 0.260 e. The van der Waals surface area contributed by atoms with Gasteiger partial charge in [-0.2, -0.15) is 0 Å². The first kappa shape index (κ1) is 39.3. The molecule has 8 unspecified atom stereocenters. The summed E-state index contributed by atoms with van der Waals surface area (Å²) in [5.74, 6) is 6.67. The SMILES string of the molecule is C=S1NC(=O)c2ccc3c(c2)N(CC(c2ccc(Cl)cc2CCC)CO3)CC2CCC2C(OC)/C=C/CC(C)C1C.CN1CCN2CCOCC2C1. The van der Waals surface area contributed by atoms with Gasteiger partial charge in [-0.05, 0) is 91.9 Å². The van der Waals surface area contributed by atoms with Crippen LogP contribution >= 0.6 is 22.3 Å². The van der Waals surface area contributed by atoms with E-state index >= 15 is 0 Å². The molecule has 4 aliphatic heterocycles. The van der Waals surface area contributed by atoms with Gasteiger partial charge in [0.25, 0.3) is 5.91 Å². The number of methoxy groups -OCH3 is 1. The number of ether oxygens (including phenoxy) is 3. The van der Waals surface area contributed by atoms with Crippen molar-refractivity contribution in [1.29, 1.82) is 0 Å². The Morgan fingerprint density at radius 2 is 1.90 bits per heavy atom. The molecule has 1 amide bonds. The minimum absolute atomic E-state index is 0.0718. The monoisotopic (exact) mass is 752 g/mol. The third kappa shape index (κ3) is 9.45. The second kappa shape index (κ2) is 18.3. The zero-order valence-electron chi connectivity index (χ0n) is 32.0. The van der Waals surface area contributed by atoms with Crippen molar-refractivity contribution in [2.45, 2.75) is 76.2 Å². The summed E-state index contributed by atoms with van der Waals surface area (Å²) >= 11 is 6.42. The number of carbonyl (C=O) groups is 1. The molecule has 7 rings (SSSR count). The third-order valence-electron chi connectivity index (χ3n) is 12.1. The molecule has 5 aliphatic rings. The van der Waals surface area contributed by atoms with Crippen LogP contribution in [0.15, 0.2) is 48.6 Å². The molecule has 0 aromatic heterocycles. The average molecular weight is 753 g/mol. The number of nitrogens with one attached hydrogen (secondary N) is 1. The van der Waals surface area contributed by atoms with Crippen molar-refractivity contribution in [2.24, 2.45) is 17.8 Å². The number of benzene rings is 2. The summed E-state index contributed by atoms with van der Waals surface area (Å²) in [6, 6.07) is 12.9. The number of aryl methyl sites for hydroxylation is 1. The molecule has 8 atom stereocenters. The van der Waals surface area contributed by atoms with E-state index in [-0.39, 0.29) is 23.2 Å². The fourth-order valence-electron chi connectivity index (χ4n) is 8.46. The number of nitrogens with zero attached hydrogens (tertiary/aromatic N) is 3. The van der Waals surface area contributed by atoms with Crippen molar-refractivity contribution in [1.82, 2.24) is 14.5 Å². The Hall–Kier alpha value is -2.40. The molecular formula is C42H61ClN4O4S. The van der Waals surface area contributed by atoms with Crippen LogP contribution in [-0.4, -0.2) is 112 Å². The number of morpholine rings is 1. The van der Waals surface area contributed by atoms with Crippen molar-refractivity contribution in [3.05, 3.63) is 70.3 Å². The number of halogens is 1. The Morgan fingerprint density at radius 3 is 2.67 bits per heavy atom. The fraction of sp³-hybridized carbons (Fsp3) is 0.619. The lowest BCUT2D eigenvalue weighted by molar-refractivity contribution is -0.0397. The maximum absolute atomic E-state index is 13.4. The molecule has 1 N–H and O–H groups in total. The van der Waals surface area contributed by atoms with Gasteiger partial charge >= 0.3 is 0 Å². The molecule has 0 radical (unpaired) electrons. The van der Waals surface area contributed by atoms with E-state index in [1.165, 1.54) is 43.6 Å². The second-order valence-electron chi connectivity index (χ2n) is 15.6. The zero-order valence-corrected chi connectivity index (χ0v) is 33.6. The predicted molar refractivity (Wildman–Crippen MR) is 218 cm³/mol. The van der Waals surface area contributed by atoms with Crippen LogP contribution < -0.4 is 14.4 Å². The Labute approximate surface area is 320 Å². The van der Waals surface area contributed by atoms with Gasteiger partial charge in [-0.15, -0.1) is 0 Å². The highest BCUT2D eigenvalue weighted by molar-refractivity contribution is 8.13. The van der Waals surface area contributed by atoms with Crippen LogP contribution in [0, 0.1) is 17.8 Å². The highest BCUT2D eigenvalue weighted by Crippen LogP contribution is 2.43. The van der Waals surface area contributed by atoms with Crippen LogP contribution in [-0.2, 0) is 15.9 Å². The highest BCUT2D eigenvalue weighted by Gasteiger charge is 2.39. The molecule has 1 aliphatic carbocycles. The quantitative estimate of drug-likeness (QED) is 0.260. The number of hydrogen-bond acceptors (Lipinski definition) is 7. The van der Waals surface area contributed by atoms with Crippen LogP contribution in [0.5, 0.6) is 5.75 Å². The van der Waals surface area contributed by atoms with Crippen LogP contribution in [0.4, 0.5) is 5.69 Å². The molecule has 10 heteroatoms. The van der Waals surface area contributed by atoms with Crippen molar-refractivity contribution >= 4 is 39.7 Å². The lowest BCUT2D eigenvalue weighted by Gasteiger charge is -2.43. The van der Waals surface area contributed by atoms with E-state index in [4.69, 9.17) is 25.8 Å². The Bertz CT molecular complexity index is 1570. The summed E-state index contributed by atoms with van der Waals surface area (Å²) in [6.45, 7) is 15.6. The molecule has 52 heavy (non-hydrogen) atoms. The Morgan fingerprint density at radius 1 is 1.06 bits per heavy atom. The first-order valence-electron chi connectivity index (χ1n) is 19.5. The highest BCUT2D eigenvalue weighted by atomic mass is 35.5. The number of piperazine rings is 1.